The van der Waals surface area contributed by atoms with Crippen LogP contribution < -0.4 is 0 Å². The second kappa shape index (κ2) is 6.34. The lowest BCUT2D eigenvalue weighted by Gasteiger charge is -2.43. The molecule has 5 heteroatoms. The van der Waals surface area contributed by atoms with E-state index in [9.17, 15) is 0 Å². The van der Waals surface area contributed by atoms with Gasteiger partial charge in [-0.2, -0.15) is 0 Å². The minimum Gasteiger partial charge on any atom is -0.414 e. The van der Waals surface area contributed by atoms with Gasteiger partial charge in [-0.25, -0.2) is 0 Å². The molecule has 3 fully saturated rings. The molecule has 0 amide bonds. The molecule has 2 saturated heterocycles. The molecular weight excluding hydrogens is 320 g/mol. The lowest BCUT2D eigenvalue weighted by molar-refractivity contribution is -0.151. The van der Waals surface area contributed by atoms with Crippen LogP contribution in [-0.4, -0.2) is 45.6 Å². The SMILES string of the molecule is CC1(CC[C@H]2C[C@H](O[Si](C)(C)C(C)(C)C)CCC23CO3)OCCO1. The van der Waals surface area contributed by atoms with Crippen molar-refractivity contribution in [2.24, 2.45) is 5.92 Å². The summed E-state index contributed by atoms with van der Waals surface area (Å²) in [5.41, 5.74) is 0.141. The Morgan fingerprint density at radius 3 is 2.29 bits per heavy atom. The Kier molecular flexibility index (Phi) is 4.98. The Balaban J connectivity index is 1.59. The number of hydrogen-bond donors (Lipinski definition) is 0. The molecule has 0 bridgehead atoms. The summed E-state index contributed by atoms with van der Waals surface area (Å²) < 4.78 is 24.2. The molecule has 0 radical (unpaired) electrons. The molecular formula is C19H36O4Si. The fourth-order valence-corrected chi connectivity index (χ4v) is 5.35. The molecule has 2 heterocycles. The molecule has 0 aromatic heterocycles. The zero-order valence-corrected chi connectivity index (χ0v) is 17.4. The second-order valence-corrected chi connectivity index (χ2v) is 14.5. The van der Waals surface area contributed by atoms with Gasteiger partial charge < -0.3 is 18.6 Å². The molecule has 0 aromatic rings. The van der Waals surface area contributed by atoms with Gasteiger partial charge in [-0.15, -0.1) is 0 Å². The maximum Gasteiger partial charge on any atom is 0.192 e. The second-order valence-electron chi connectivity index (χ2n) is 9.69. The van der Waals surface area contributed by atoms with Crippen LogP contribution in [0.3, 0.4) is 0 Å². The van der Waals surface area contributed by atoms with E-state index in [1.54, 1.807) is 0 Å². The van der Waals surface area contributed by atoms with Crippen LogP contribution in [0.2, 0.25) is 18.1 Å². The first-order valence-electron chi connectivity index (χ1n) is 9.65. The highest BCUT2D eigenvalue weighted by atomic mass is 28.4. The summed E-state index contributed by atoms with van der Waals surface area (Å²) in [4.78, 5) is 0. The molecule has 24 heavy (non-hydrogen) atoms. The molecule has 4 nitrogen and oxygen atoms in total. The van der Waals surface area contributed by atoms with Gasteiger partial charge in [0, 0.05) is 12.5 Å². The number of epoxide rings is 1. The first kappa shape index (κ1) is 18.8. The van der Waals surface area contributed by atoms with E-state index in [2.05, 4.69) is 40.8 Å². The lowest BCUT2D eigenvalue weighted by Crippen LogP contribution is -2.47. The van der Waals surface area contributed by atoms with Crippen LogP contribution in [0.4, 0.5) is 0 Å². The predicted octanol–water partition coefficient (Wildman–Crippen LogP) is 4.49. The maximum atomic E-state index is 6.71. The fourth-order valence-electron chi connectivity index (χ4n) is 3.95. The van der Waals surface area contributed by atoms with Crippen molar-refractivity contribution in [3.8, 4) is 0 Å². The van der Waals surface area contributed by atoms with Crippen LogP contribution in [0.5, 0.6) is 0 Å². The van der Waals surface area contributed by atoms with Crippen molar-refractivity contribution in [3.63, 3.8) is 0 Å². The third kappa shape index (κ3) is 3.90. The summed E-state index contributed by atoms with van der Waals surface area (Å²) >= 11 is 0. The third-order valence-corrected chi connectivity index (χ3v) is 11.3. The van der Waals surface area contributed by atoms with Crippen molar-refractivity contribution < 1.29 is 18.6 Å². The van der Waals surface area contributed by atoms with E-state index < -0.39 is 8.32 Å². The Morgan fingerprint density at radius 1 is 1.12 bits per heavy atom. The van der Waals surface area contributed by atoms with Crippen molar-refractivity contribution in [3.05, 3.63) is 0 Å². The number of ether oxygens (including phenoxy) is 3. The topological polar surface area (TPSA) is 40.2 Å². The van der Waals surface area contributed by atoms with Gasteiger partial charge in [-0.3, -0.25) is 0 Å². The van der Waals surface area contributed by atoms with E-state index in [-0.39, 0.29) is 16.4 Å². The van der Waals surface area contributed by atoms with Crippen LogP contribution in [0.25, 0.3) is 0 Å². The number of hydrogen-bond acceptors (Lipinski definition) is 4. The van der Waals surface area contributed by atoms with E-state index in [0.29, 0.717) is 12.0 Å². The summed E-state index contributed by atoms with van der Waals surface area (Å²) in [5.74, 6) is 0.189. The molecule has 3 atom stereocenters. The van der Waals surface area contributed by atoms with Gasteiger partial charge in [0.25, 0.3) is 0 Å². The first-order chi connectivity index (χ1) is 11.1. The molecule has 140 valence electrons. The molecule has 1 aliphatic carbocycles. The summed E-state index contributed by atoms with van der Waals surface area (Å²) in [6.45, 7) is 16.1. The Morgan fingerprint density at radius 2 is 1.75 bits per heavy atom. The zero-order chi connectivity index (χ0) is 17.6. The van der Waals surface area contributed by atoms with Gasteiger partial charge >= 0.3 is 0 Å². The maximum absolute atomic E-state index is 6.71. The van der Waals surface area contributed by atoms with Crippen molar-refractivity contribution in [2.75, 3.05) is 19.8 Å². The van der Waals surface area contributed by atoms with E-state index in [4.69, 9.17) is 18.6 Å². The monoisotopic (exact) mass is 356 g/mol. The van der Waals surface area contributed by atoms with Crippen molar-refractivity contribution in [2.45, 2.75) is 95.4 Å². The smallest absolute Gasteiger partial charge is 0.192 e. The highest BCUT2D eigenvalue weighted by Crippen LogP contribution is 2.50. The molecule has 3 rings (SSSR count). The zero-order valence-electron chi connectivity index (χ0n) is 16.4. The summed E-state index contributed by atoms with van der Waals surface area (Å²) in [7, 11) is -1.70. The molecule has 1 saturated carbocycles. The first-order valence-corrected chi connectivity index (χ1v) is 12.6. The van der Waals surface area contributed by atoms with Crippen LogP contribution >= 0.6 is 0 Å². The van der Waals surface area contributed by atoms with Crippen LogP contribution in [0.15, 0.2) is 0 Å². The quantitative estimate of drug-likeness (QED) is 0.537. The predicted molar refractivity (Wildman–Crippen MR) is 97.6 cm³/mol. The molecule has 2 aliphatic heterocycles. The van der Waals surface area contributed by atoms with Crippen LogP contribution in [0.1, 0.15) is 59.8 Å². The summed E-state index contributed by atoms with van der Waals surface area (Å²) in [6.07, 6.45) is 5.87. The minimum absolute atomic E-state index is 0.141. The van der Waals surface area contributed by atoms with Gasteiger partial charge in [-0.1, -0.05) is 20.8 Å². The fraction of sp³-hybridized carbons (Fsp3) is 1.00. The van der Waals surface area contributed by atoms with Crippen molar-refractivity contribution in [1.82, 2.24) is 0 Å². The Labute approximate surface area is 148 Å². The van der Waals surface area contributed by atoms with E-state index in [0.717, 1.165) is 51.9 Å². The normalized spacial score (nSPS) is 36.2. The van der Waals surface area contributed by atoms with E-state index in [1.165, 1.54) is 0 Å². The molecule has 3 aliphatic rings. The van der Waals surface area contributed by atoms with Crippen molar-refractivity contribution >= 4 is 8.32 Å². The minimum atomic E-state index is -1.70. The van der Waals surface area contributed by atoms with Gasteiger partial charge in [0.15, 0.2) is 14.1 Å². The van der Waals surface area contributed by atoms with Gasteiger partial charge in [-0.05, 0) is 56.7 Å². The highest BCUT2D eigenvalue weighted by molar-refractivity contribution is 6.74. The summed E-state index contributed by atoms with van der Waals surface area (Å²) in [5, 5.41) is 0.271. The van der Waals surface area contributed by atoms with Gasteiger partial charge in [0.05, 0.1) is 25.4 Å². The molecule has 1 unspecified atom stereocenters. The van der Waals surface area contributed by atoms with Crippen molar-refractivity contribution in [1.29, 1.82) is 0 Å². The van der Waals surface area contributed by atoms with E-state index in [1.807, 2.05) is 0 Å². The Bertz CT molecular complexity index is 447. The van der Waals surface area contributed by atoms with Gasteiger partial charge in [0.1, 0.15) is 0 Å². The lowest BCUT2D eigenvalue weighted by atomic mass is 9.75. The van der Waals surface area contributed by atoms with E-state index >= 15 is 0 Å². The standard InChI is InChI=1S/C19H36O4Si/c1-17(2,3)24(5,6)23-16-8-10-19(14-22-19)15(13-16)7-9-18(4)20-11-12-21-18/h15-16H,7-14H2,1-6H3/t15-,16+,19?/m0/s1. The molecule has 1 spiro atoms. The highest BCUT2D eigenvalue weighted by Gasteiger charge is 2.55. The largest absolute Gasteiger partial charge is 0.414 e. The number of rotatable bonds is 5. The third-order valence-electron chi connectivity index (χ3n) is 6.81. The average molecular weight is 357 g/mol. The summed E-state index contributed by atoms with van der Waals surface area (Å²) in [6, 6.07) is 0. The van der Waals surface area contributed by atoms with Gasteiger partial charge in [0.2, 0.25) is 0 Å². The molecule has 0 aromatic carbocycles. The van der Waals surface area contributed by atoms with Crippen LogP contribution in [-0.2, 0) is 18.6 Å². The average Bonchev–Trinajstić information content (AvgIpc) is 3.11. The van der Waals surface area contributed by atoms with Crippen LogP contribution in [0, 0.1) is 5.92 Å². The Hall–Kier alpha value is 0.0569. The molecule has 0 N–H and O–H groups in total.